The molecule has 0 aliphatic carbocycles. The third-order valence-corrected chi connectivity index (χ3v) is 3.16. The van der Waals surface area contributed by atoms with Gasteiger partial charge in [0.2, 0.25) is 0 Å². The summed E-state index contributed by atoms with van der Waals surface area (Å²) >= 11 is 0. The van der Waals surface area contributed by atoms with Crippen molar-refractivity contribution in [3.8, 4) is 5.69 Å². The maximum Gasteiger partial charge on any atom is 0.272 e. The molecule has 0 spiro atoms. The lowest BCUT2D eigenvalue weighted by Crippen LogP contribution is -2.41. The fraction of sp³-hybridized carbons (Fsp3) is 0.286. The number of rotatable bonds is 2. The molecule has 2 aromatic heterocycles. The van der Waals surface area contributed by atoms with E-state index in [0.717, 1.165) is 5.69 Å². The number of hydrogen-bond acceptors (Lipinski definition) is 3. The van der Waals surface area contributed by atoms with Crippen molar-refractivity contribution in [3.05, 3.63) is 48.5 Å². The average Bonchev–Trinajstić information content (AvgIpc) is 3.02. The van der Waals surface area contributed by atoms with Crippen molar-refractivity contribution in [2.45, 2.75) is 0 Å². The summed E-state index contributed by atoms with van der Waals surface area (Å²) in [5.41, 5.74) is 1.42. The summed E-state index contributed by atoms with van der Waals surface area (Å²) in [6.45, 7) is 2.47. The second-order valence-electron chi connectivity index (χ2n) is 4.39. The molecular formula is C14H15N3O2. The standard InChI is InChI=1S/C14H15N3O2/c18-14(17-7-9-19-10-8-17)13-11-12(3-4-15-13)16-5-1-2-6-16/h1-6,11H,7-10H2. The molecule has 5 nitrogen and oxygen atoms in total. The van der Waals surface area contributed by atoms with E-state index >= 15 is 0 Å². The lowest BCUT2D eigenvalue weighted by atomic mass is 10.2. The van der Waals surface area contributed by atoms with Crippen molar-refractivity contribution >= 4 is 5.91 Å². The van der Waals surface area contributed by atoms with E-state index < -0.39 is 0 Å². The maximum absolute atomic E-state index is 12.3. The highest BCUT2D eigenvalue weighted by atomic mass is 16.5. The Labute approximate surface area is 111 Å². The molecule has 1 amide bonds. The highest BCUT2D eigenvalue weighted by Crippen LogP contribution is 2.11. The zero-order valence-corrected chi connectivity index (χ0v) is 10.5. The van der Waals surface area contributed by atoms with Crippen LogP contribution in [0.2, 0.25) is 0 Å². The number of morpholine rings is 1. The summed E-state index contributed by atoms with van der Waals surface area (Å²) in [6.07, 6.45) is 5.56. The second-order valence-corrected chi connectivity index (χ2v) is 4.39. The Morgan fingerprint density at radius 2 is 1.95 bits per heavy atom. The molecular weight excluding hydrogens is 242 g/mol. The van der Waals surface area contributed by atoms with Crippen LogP contribution >= 0.6 is 0 Å². The van der Waals surface area contributed by atoms with Crippen LogP contribution in [0.15, 0.2) is 42.9 Å². The van der Waals surface area contributed by atoms with Gasteiger partial charge in [0, 0.05) is 37.4 Å². The SMILES string of the molecule is O=C(c1cc(-n2cccc2)ccn1)N1CCOCC1. The minimum absolute atomic E-state index is 0.0303. The Bertz CT molecular complexity index is 560. The molecule has 0 atom stereocenters. The smallest absolute Gasteiger partial charge is 0.272 e. The first-order valence-electron chi connectivity index (χ1n) is 6.31. The molecule has 0 aromatic carbocycles. The molecule has 98 valence electrons. The number of carbonyl (C=O) groups is 1. The van der Waals surface area contributed by atoms with Crippen LogP contribution in [0.3, 0.4) is 0 Å². The zero-order chi connectivity index (χ0) is 13.1. The van der Waals surface area contributed by atoms with E-state index in [-0.39, 0.29) is 5.91 Å². The molecule has 0 N–H and O–H groups in total. The van der Waals surface area contributed by atoms with Gasteiger partial charge in [0.15, 0.2) is 0 Å². The van der Waals surface area contributed by atoms with E-state index in [1.165, 1.54) is 0 Å². The van der Waals surface area contributed by atoms with E-state index in [4.69, 9.17) is 4.74 Å². The number of carbonyl (C=O) groups excluding carboxylic acids is 1. The van der Waals surface area contributed by atoms with Crippen LogP contribution < -0.4 is 0 Å². The monoisotopic (exact) mass is 257 g/mol. The van der Waals surface area contributed by atoms with Gasteiger partial charge >= 0.3 is 0 Å². The first-order valence-corrected chi connectivity index (χ1v) is 6.31. The number of ether oxygens (including phenoxy) is 1. The highest BCUT2D eigenvalue weighted by molar-refractivity contribution is 5.92. The highest BCUT2D eigenvalue weighted by Gasteiger charge is 2.19. The van der Waals surface area contributed by atoms with Gasteiger partial charge in [-0.05, 0) is 24.3 Å². The largest absolute Gasteiger partial charge is 0.378 e. The van der Waals surface area contributed by atoms with Crippen LogP contribution in [0.5, 0.6) is 0 Å². The summed E-state index contributed by atoms with van der Waals surface area (Å²) in [6, 6.07) is 7.60. The van der Waals surface area contributed by atoms with Crippen molar-refractivity contribution in [2.75, 3.05) is 26.3 Å². The minimum atomic E-state index is -0.0303. The molecule has 1 aliphatic rings. The van der Waals surface area contributed by atoms with Gasteiger partial charge in [0.25, 0.3) is 5.91 Å². The van der Waals surface area contributed by atoms with Crippen LogP contribution in [0.25, 0.3) is 5.69 Å². The van der Waals surface area contributed by atoms with E-state index in [9.17, 15) is 4.79 Å². The van der Waals surface area contributed by atoms with Crippen LogP contribution in [0.1, 0.15) is 10.5 Å². The molecule has 0 radical (unpaired) electrons. The van der Waals surface area contributed by atoms with Gasteiger partial charge in [-0.2, -0.15) is 0 Å². The van der Waals surface area contributed by atoms with Crippen LogP contribution in [-0.2, 0) is 4.74 Å². The van der Waals surface area contributed by atoms with Crippen molar-refractivity contribution in [2.24, 2.45) is 0 Å². The van der Waals surface area contributed by atoms with Crippen LogP contribution in [0, 0.1) is 0 Å². The number of nitrogens with zero attached hydrogens (tertiary/aromatic N) is 3. The van der Waals surface area contributed by atoms with Gasteiger partial charge in [-0.15, -0.1) is 0 Å². The summed E-state index contributed by atoms with van der Waals surface area (Å²) < 4.78 is 7.21. The van der Waals surface area contributed by atoms with Gasteiger partial charge < -0.3 is 14.2 Å². The predicted octanol–water partition coefficient (Wildman–Crippen LogP) is 1.34. The number of amides is 1. The molecule has 0 bridgehead atoms. The van der Waals surface area contributed by atoms with Crippen molar-refractivity contribution in [1.82, 2.24) is 14.5 Å². The minimum Gasteiger partial charge on any atom is -0.378 e. The van der Waals surface area contributed by atoms with Gasteiger partial charge in [0.1, 0.15) is 5.69 Å². The molecule has 3 rings (SSSR count). The first kappa shape index (κ1) is 11.9. The quantitative estimate of drug-likeness (QED) is 0.815. The zero-order valence-electron chi connectivity index (χ0n) is 10.5. The molecule has 0 unspecified atom stereocenters. The van der Waals surface area contributed by atoms with Gasteiger partial charge in [0.05, 0.1) is 13.2 Å². The van der Waals surface area contributed by atoms with Gasteiger partial charge in [-0.1, -0.05) is 0 Å². The number of aromatic nitrogens is 2. The Balaban J connectivity index is 1.84. The molecule has 2 aromatic rings. The van der Waals surface area contributed by atoms with Crippen molar-refractivity contribution in [1.29, 1.82) is 0 Å². The maximum atomic E-state index is 12.3. The summed E-state index contributed by atoms with van der Waals surface area (Å²) in [5, 5.41) is 0. The van der Waals surface area contributed by atoms with E-state index in [1.54, 1.807) is 11.1 Å². The Kier molecular flexibility index (Phi) is 3.29. The summed E-state index contributed by atoms with van der Waals surface area (Å²) in [5.74, 6) is -0.0303. The van der Waals surface area contributed by atoms with Crippen LogP contribution in [0.4, 0.5) is 0 Å². The number of pyridine rings is 1. The fourth-order valence-corrected chi connectivity index (χ4v) is 2.13. The Morgan fingerprint density at radius 1 is 1.21 bits per heavy atom. The van der Waals surface area contributed by atoms with E-state index in [1.807, 2.05) is 41.2 Å². The third-order valence-electron chi connectivity index (χ3n) is 3.16. The lowest BCUT2D eigenvalue weighted by molar-refractivity contribution is 0.0299. The van der Waals surface area contributed by atoms with E-state index in [0.29, 0.717) is 32.0 Å². The molecule has 1 saturated heterocycles. The number of hydrogen-bond donors (Lipinski definition) is 0. The van der Waals surface area contributed by atoms with Gasteiger partial charge in [-0.3, -0.25) is 9.78 Å². The lowest BCUT2D eigenvalue weighted by Gasteiger charge is -2.26. The molecule has 5 heteroatoms. The third kappa shape index (κ3) is 2.51. The molecule has 1 aliphatic heterocycles. The predicted molar refractivity (Wildman–Crippen MR) is 70.3 cm³/mol. The van der Waals surface area contributed by atoms with E-state index in [2.05, 4.69) is 4.98 Å². The van der Waals surface area contributed by atoms with Gasteiger partial charge in [-0.25, -0.2) is 0 Å². The molecule has 19 heavy (non-hydrogen) atoms. The van der Waals surface area contributed by atoms with Crippen molar-refractivity contribution in [3.63, 3.8) is 0 Å². The molecule has 0 saturated carbocycles. The summed E-state index contributed by atoms with van der Waals surface area (Å²) in [4.78, 5) is 18.3. The Morgan fingerprint density at radius 3 is 2.68 bits per heavy atom. The van der Waals surface area contributed by atoms with Crippen LogP contribution in [-0.4, -0.2) is 46.7 Å². The van der Waals surface area contributed by atoms with Crippen molar-refractivity contribution < 1.29 is 9.53 Å². The molecule has 3 heterocycles. The molecule has 1 fully saturated rings. The normalized spacial score (nSPS) is 15.5. The topological polar surface area (TPSA) is 47.4 Å². The first-order chi connectivity index (χ1) is 9.34. The second kappa shape index (κ2) is 5.24. The summed E-state index contributed by atoms with van der Waals surface area (Å²) in [7, 11) is 0. The fourth-order valence-electron chi connectivity index (χ4n) is 2.13. The average molecular weight is 257 g/mol. The Hall–Kier alpha value is -2.14.